The van der Waals surface area contributed by atoms with Crippen molar-refractivity contribution in [2.24, 2.45) is 5.73 Å². The molecule has 0 saturated carbocycles. The molecule has 17 heavy (non-hydrogen) atoms. The summed E-state index contributed by atoms with van der Waals surface area (Å²) < 4.78 is 0. The zero-order valence-corrected chi connectivity index (χ0v) is 10.2. The highest BCUT2D eigenvalue weighted by Crippen LogP contribution is 1.95. The fourth-order valence-electron chi connectivity index (χ4n) is 1.19. The third-order valence-electron chi connectivity index (χ3n) is 1.90. The van der Waals surface area contributed by atoms with Gasteiger partial charge in [-0.2, -0.15) is 0 Å². The molecular formula is C11H19N3O3. The number of hydrogen-bond donors (Lipinski definition) is 3. The fourth-order valence-corrected chi connectivity index (χ4v) is 1.19. The first-order valence-electron chi connectivity index (χ1n) is 5.39. The number of nitrogens with one attached hydrogen (secondary N) is 2. The van der Waals surface area contributed by atoms with Gasteiger partial charge < -0.3 is 21.2 Å². The quantitative estimate of drug-likeness (QED) is 0.334. The number of carbonyl (C=O) groups excluding carboxylic acids is 3. The number of amides is 3. The smallest absolute Gasteiger partial charge is 0.312 e. The van der Waals surface area contributed by atoms with Crippen molar-refractivity contribution in [1.29, 1.82) is 0 Å². The summed E-state index contributed by atoms with van der Waals surface area (Å²) in [6.45, 7) is 3.98. The van der Waals surface area contributed by atoms with Gasteiger partial charge in [-0.1, -0.05) is 5.57 Å². The molecule has 3 amide bonds. The lowest BCUT2D eigenvalue weighted by Crippen LogP contribution is -2.36. The van der Waals surface area contributed by atoms with E-state index in [9.17, 15) is 14.4 Å². The van der Waals surface area contributed by atoms with E-state index in [1.807, 2.05) is 0 Å². The van der Waals surface area contributed by atoms with Crippen molar-refractivity contribution >= 4 is 18.2 Å². The lowest BCUT2D eigenvalue weighted by molar-refractivity contribution is -0.120. The van der Waals surface area contributed by atoms with Crippen LogP contribution in [0.5, 0.6) is 0 Å². The fraction of sp³-hybridized carbons (Fsp3) is 0.545. The number of rotatable bonds is 7. The molecule has 0 rings (SSSR count). The van der Waals surface area contributed by atoms with E-state index in [1.165, 1.54) is 6.08 Å². The normalized spacial score (nSPS) is 11.2. The van der Waals surface area contributed by atoms with Gasteiger partial charge in [-0.05, 0) is 26.7 Å². The number of aldehydes is 1. The summed E-state index contributed by atoms with van der Waals surface area (Å²) in [4.78, 5) is 32.4. The van der Waals surface area contributed by atoms with Gasteiger partial charge in [-0.3, -0.25) is 4.79 Å². The minimum absolute atomic E-state index is 0.287. The van der Waals surface area contributed by atoms with Crippen LogP contribution in [0, 0.1) is 0 Å². The Bertz CT molecular complexity index is 309. The molecule has 0 spiro atoms. The maximum atomic E-state index is 11.3. The highest BCUT2D eigenvalue weighted by Gasteiger charge is 2.09. The van der Waals surface area contributed by atoms with E-state index in [2.05, 4.69) is 10.6 Å². The third-order valence-corrected chi connectivity index (χ3v) is 1.90. The van der Waals surface area contributed by atoms with Crippen LogP contribution in [-0.2, 0) is 9.59 Å². The summed E-state index contributed by atoms with van der Waals surface area (Å²) >= 11 is 0. The second-order valence-electron chi connectivity index (χ2n) is 3.91. The van der Waals surface area contributed by atoms with Gasteiger partial charge in [-0.25, -0.2) is 4.79 Å². The highest BCUT2D eigenvalue weighted by molar-refractivity contribution is 5.89. The minimum atomic E-state index is -0.596. The average Bonchev–Trinajstić information content (AvgIpc) is 2.21. The topological polar surface area (TPSA) is 101 Å². The molecule has 0 bridgehead atoms. The second-order valence-corrected chi connectivity index (χ2v) is 3.91. The molecule has 0 aromatic carbocycles. The molecule has 6 nitrogen and oxygen atoms in total. The van der Waals surface area contributed by atoms with Crippen molar-refractivity contribution in [3.8, 4) is 0 Å². The first-order valence-corrected chi connectivity index (χ1v) is 5.39. The minimum Gasteiger partial charge on any atom is -0.352 e. The number of nitrogens with two attached hydrogens (primary N) is 1. The van der Waals surface area contributed by atoms with Gasteiger partial charge in [-0.15, -0.1) is 0 Å². The molecule has 0 saturated heterocycles. The van der Waals surface area contributed by atoms with Gasteiger partial charge in [0.25, 0.3) is 0 Å². The van der Waals surface area contributed by atoms with E-state index in [1.54, 1.807) is 13.8 Å². The average molecular weight is 241 g/mol. The zero-order valence-electron chi connectivity index (χ0n) is 10.2. The molecule has 4 N–H and O–H groups in total. The lowest BCUT2D eigenvalue weighted by atomic mass is 10.1. The molecule has 0 fully saturated rings. The summed E-state index contributed by atoms with van der Waals surface area (Å²) in [5.41, 5.74) is 5.74. The number of carbonyl (C=O) groups is 3. The van der Waals surface area contributed by atoms with Crippen molar-refractivity contribution in [1.82, 2.24) is 10.6 Å². The van der Waals surface area contributed by atoms with Crippen molar-refractivity contribution in [2.75, 3.05) is 6.54 Å². The Hall–Kier alpha value is -1.85. The Morgan fingerprint density at radius 2 is 2.00 bits per heavy atom. The predicted octanol–water partition coefficient (Wildman–Crippen LogP) is 0.0848. The number of primary amides is 1. The van der Waals surface area contributed by atoms with E-state index in [0.29, 0.717) is 25.7 Å². The van der Waals surface area contributed by atoms with Gasteiger partial charge in [0, 0.05) is 12.6 Å². The van der Waals surface area contributed by atoms with Crippen molar-refractivity contribution in [3.05, 3.63) is 11.6 Å². The molecule has 0 unspecified atom stereocenters. The van der Waals surface area contributed by atoms with Crippen LogP contribution in [0.2, 0.25) is 0 Å². The lowest BCUT2D eigenvalue weighted by Gasteiger charge is -2.11. The summed E-state index contributed by atoms with van der Waals surface area (Å²) in [5, 5.41) is 4.97. The molecule has 0 heterocycles. The molecular weight excluding hydrogens is 222 g/mol. The largest absolute Gasteiger partial charge is 0.352 e. The SMILES string of the molecule is CC(C)=CC(=O)N[C@H](C=O)CCCNC(N)=O. The van der Waals surface area contributed by atoms with Crippen LogP contribution in [-0.4, -0.2) is 30.8 Å². The summed E-state index contributed by atoms with van der Waals surface area (Å²) in [6.07, 6.45) is 3.15. The van der Waals surface area contributed by atoms with Crippen LogP contribution in [0.4, 0.5) is 4.79 Å². The molecule has 0 aromatic heterocycles. The molecule has 0 aromatic rings. The molecule has 0 radical (unpaired) electrons. The van der Waals surface area contributed by atoms with Gasteiger partial charge in [0.05, 0.1) is 6.04 Å². The maximum absolute atomic E-state index is 11.3. The van der Waals surface area contributed by atoms with Crippen molar-refractivity contribution in [3.63, 3.8) is 0 Å². The third kappa shape index (κ3) is 9.10. The van der Waals surface area contributed by atoms with E-state index in [4.69, 9.17) is 5.73 Å². The van der Waals surface area contributed by atoms with Crippen LogP contribution >= 0.6 is 0 Å². The van der Waals surface area contributed by atoms with E-state index >= 15 is 0 Å². The summed E-state index contributed by atoms with van der Waals surface area (Å²) in [5.74, 6) is -0.287. The first-order chi connectivity index (χ1) is 7.95. The number of urea groups is 1. The van der Waals surface area contributed by atoms with Crippen LogP contribution < -0.4 is 16.4 Å². The van der Waals surface area contributed by atoms with Gasteiger partial charge >= 0.3 is 6.03 Å². The number of allylic oxidation sites excluding steroid dienone is 1. The predicted molar refractivity (Wildman–Crippen MR) is 64.2 cm³/mol. The highest BCUT2D eigenvalue weighted by atomic mass is 16.2. The van der Waals surface area contributed by atoms with Crippen LogP contribution in [0.25, 0.3) is 0 Å². The van der Waals surface area contributed by atoms with Gasteiger partial charge in [0.2, 0.25) is 5.91 Å². The second kappa shape index (κ2) is 8.32. The zero-order chi connectivity index (χ0) is 13.3. The Labute approximate surface area is 101 Å². The molecule has 1 atom stereocenters. The van der Waals surface area contributed by atoms with Gasteiger partial charge in [0.1, 0.15) is 6.29 Å². The summed E-state index contributed by atoms with van der Waals surface area (Å²) in [6, 6.07) is -1.13. The van der Waals surface area contributed by atoms with Crippen LogP contribution in [0.3, 0.4) is 0 Å². The maximum Gasteiger partial charge on any atom is 0.312 e. The monoisotopic (exact) mass is 241 g/mol. The molecule has 0 aliphatic carbocycles. The Morgan fingerprint density at radius 1 is 1.35 bits per heavy atom. The molecule has 0 aliphatic heterocycles. The molecule has 0 aliphatic rings. The summed E-state index contributed by atoms with van der Waals surface area (Å²) in [7, 11) is 0. The van der Waals surface area contributed by atoms with Crippen LogP contribution in [0.15, 0.2) is 11.6 Å². The van der Waals surface area contributed by atoms with E-state index < -0.39 is 12.1 Å². The molecule has 6 heteroatoms. The van der Waals surface area contributed by atoms with Gasteiger partial charge in [0.15, 0.2) is 0 Å². The number of hydrogen-bond acceptors (Lipinski definition) is 3. The Balaban J connectivity index is 3.92. The Kier molecular flexibility index (Phi) is 7.41. The Morgan fingerprint density at radius 3 is 2.47 bits per heavy atom. The first kappa shape index (κ1) is 15.2. The molecule has 96 valence electrons. The van der Waals surface area contributed by atoms with E-state index in [0.717, 1.165) is 5.57 Å². The standard InChI is InChI=1S/C11H19N3O3/c1-8(2)6-10(16)14-9(7-15)4-3-5-13-11(12)17/h6-7,9H,3-5H2,1-2H3,(H,14,16)(H3,12,13,17)/t9-/m0/s1. The van der Waals surface area contributed by atoms with Crippen LogP contribution in [0.1, 0.15) is 26.7 Å². The van der Waals surface area contributed by atoms with Crippen molar-refractivity contribution in [2.45, 2.75) is 32.7 Å². The van der Waals surface area contributed by atoms with Crippen molar-refractivity contribution < 1.29 is 14.4 Å². The van der Waals surface area contributed by atoms with E-state index in [-0.39, 0.29) is 5.91 Å².